The zero-order chi connectivity index (χ0) is 11.3. The second-order valence-corrected chi connectivity index (χ2v) is 3.19. The van der Waals surface area contributed by atoms with Crippen molar-refractivity contribution in [2.24, 2.45) is 0 Å². The molecule has 0 bridgehead atoms. The molecule has 0 aliphatic rings. The number of hydrogen-bond acceptors (Lipinski definition) is 3. The molecular weight excluding hydrogens is 192 g/mol. The van der Waals surface area contributed by atoms with E-state index in [4.69, 9.17) is 4.74 Å². The maximum absolute atomic E-state index is 10.5. The van der Waals surface area contributed by atoms with Crippen LogP contribution in [0.3, 0.4) is 0 Å². The summed E-state index contributed by atoms with van der Waals surface area (Å²) < 4.78 is 5.11. The van der Waals surface area contributed by atoms with Gasteiger partial charge in [-0.25, -0.2) is 0 Å². The Morgan fingerprint density at radius 2 is 2.33 bits per heavy atom. The van der Waals surface area contributed by atoms with Crippen molar-refractivity contribution in [1.29, 1.82) is 0 Å². The van der Waals surface area contributed by atoms with Crippen molar-refractivity contribution in [3.05, 3.63) is 42.0 Å². The quantitative estimate of drug-likeness (QED) is 0.665. The van der Waals surface area contributed by atoms with E-state index >= 15 is 0 Å². The first-order valence-corrected chi connectivity index (χ1v) is 4.64. The molecule has 80 valence electrons. The fourth-order valence-electron chi connectivity index (χ4n) is 1.38. The number of allylic oxidation sites excluding steroid dienone is 1. The Balaban J connectivity index is 2.97. The van der Waals surface area contributed by atoms with E-state index in [2.05, 4.69) is 6.58 Å². The highest BCUT2D eigenvalue weighted by molar-refractivity contribution is 5.69. The lowest BCUT2D eigenvalue weighted by atomic mass is 10.1. The van der Waals surface area contributed by atoms with Crippen LogP contribution in [0.1, 0.15) is 11.1 Å². The summed E-state index contributed by atoms with van der Waals surface area (Å²) in [6, 6.07) is 5.43. The summed E-state index contributed by atoms with van der Waals surface area (Å²) in [5.74, 6) is -0.525. The van der Waals surface area contributed by atoms with Crippen LogP contribution >= 0.6 is 0 Å². The summed E-state index contributed by atoms with van der Waals surface area (Å²) in [5, 5.41) is 10.5. The molecule has 1 rings (SSSR count). The molecule has 0 amide bonds. The van der Waals surface area contributed by atoms with E-state index in [9.17, 15) is 9.90 Å². The summed E-state index contributed by atoms with van der Waals surface area (Å²) >= 11 is 0. The monoisotopic (exact) mass is 205 g/mol. The topological polar surface area (TPSA) is 49.4 Å². The Labute approximate surface area is 89.0 Å². The third-order valence-corrected chi connectivity index (χ3v) is 2.07. The SMILES string of the molecule is C=CCc1ccc(CC(=O)[O-])c(OC)c1. The van der Waals surface area contributed by atoms with Crippen molar-refractivity contribution in [1.82, 2.24) is 0 Å². The van der Waals surface area contributed by atoms with Crippen LogP contribution in [-0.4, -0.2) is 13.1 Å². The highest BCUT2D eigenvalue weighted by atomic mass is 16.5. The van der Waals surface area contributed by atoms with E-state index in [1.807, 2.05) is 12.1 Å². The van der Waals surface area contributed by atoms with Crippen molar-refractivity contribution in [3.63, 3.8) is 0 Å². The van der Waals surface area contributed by atoms with Gasteiger partial charge in [0.2, 0.25) is 0 Å². The van der Waals surface area contributed by atoms with Gasteiger partial charge in [-0.05, 0) is 23.6 Å². The molecule has 3 nitrogen and oxygen atoms in total. The smallest absolute Gasteiger partial charge is 0.122 e. The average Bonchev–Trinajstić information content (AvgIpc) is 2.20. The lowest BCUT2D eigenvalue weighted by molar-refractivity contribution is -0.304. The number of carbonyl (C=O) groups is 1. The number of aliphatic carboxylic acids is 1. The van der Waals surface area contributed by atoms with Crippen LogP contribution in [0.15, 0.2) is 30.9 Å². The highest BCUT2D eigenvalue weighted by Gasteiger charge is 2.03. The summed E-state index contributed by atoms with van der Waals surface area (Å²) in [7, 11) is 1.52. The van der Waals surface area contributed by atoms with Gasteiger partial charge >= 0.3 is 0 Å². The van der Waals surface area contributed by atoms with Crippen LogP contribution in [0.5, 0.6) is 5.75 Å². The van der Waals surface area contributed by atoms with E-state index in [1.165, 1.54) is 7.11 Å². The Morgan fingerprint density at radius 1 is 1.60 bits per heavy atom. The van der Waals surface area contributed by atoms with Gasteiger partial charge in [0.25, 0.3) is 0 Å². The van der Waals surface area contributed by atoms with E-state index in [0.717, 1.165) is 12.0 Å². The number of ether oxygens (including phenoxy) is 1. The molecule has 0 saturated heterocycles. The molecule has 0 saturated carbocycles. The van der Waals surface area contributed by atoms with Gasteiger partial charge in [0.15, 0.2) is 0 Å². The minimum atomic E-state index is -1.11. The molecule has 0 heterocycles. The number of carboxylic acid groups (broad SMARTS) is 1. The van der Waals surface area contributed by atoms with Gasteiger partial charge in [0, 0.05) is 12.4 Å². The molecule has 0 fully saturated rings. The van der Waals surface area contributed by atoms with Gasteiger partial charge in [-0.15, -0.1) is 6.58 Å². The van der Waals surface area contributed by atoms with Crippen molar-refractivity contribution in [2.45, 2.75) is 12.8 Å². The first kappa shape index (κ1) is 11.3. The second kappa shape index (κ2) is 5.20. The minimum Gasteiger partial charge on any atom is -0.550 e. The summed E-state index contributed by atoms with van der Waals surface area (Å²) in [6.07, 6.45) is 2.40. The molecule has 0 unspecified atom stereocenters. The zero-order valence-corrected chi connectivity index (χ0v) is 8.66. The minimum absolute atomic E-state index is 0.127. The molecular formula is C12H13O3-. The zero-order valence-electron chi connectivity index (χ0n) is 8.66. The highest BCUT2D eigenvalue weighted by Crippen LogP contribution is 2.21. The number of rotatable bonds is 5. The Kier molecular flexibility index (Phi) is 3.92. The molecule has 0 atom stereocenters. The fraction of sp³-hybridized carbons (Fsp3) is 0.250. The molecule has 3 heteroatoms. The van der Waals surface area contributed by atoms with Crippen molar-refractivity contribution in [2.75, 3.05) is 7.11 Å². The van der Waals surface area contributed by atoms with Crippen LogP contribution < -0.4 is 9.84 Å². The van der Waals surface area contributed by atoms with Gasteiger partial charge in [-0.1, -0.05) is 18.2 Å². The van der Waals surface area contributed by atoms with Gasteiger partial charge in [-0.3, -0.25) is 0 Å². The van der Waals surface area contributed by atoms with Crippen LogP contribution in [0.25, 0.3) is 0 Å². The molecule has 1 aromatic rings. The molecule has 0 spiro atoms. The van der Waals surface area contributed by atoms with E-state index in [0.29, 0.717) is 11.3 Å². The van der Waals surface area contributed by atoms with Gasteiger partial charge in [0.05, 0.1) is 7.11 Å². The third-order valence-electron chi connectivity index (χ3n) is 2.07. The summed E-state index contributed by atoms with van der Waals surface area (Å²) in [4.78, 5) is 10.5. The molecule has 15 heavy (non-hydrogen) atoms. The molecule has 0 radical (unpaired) electrons. The maximum atomic E-state index is 10.5. The van der Waals surface area contributed by atoms with Crippen molar-refractivity contribution in [3.8, 4) is 5.75 Å². The molecule has 0 aliphatic carbocycles. The van der Waals surface area contributed by atoms with Crippen molar-refractivity contribution < 1.29 is 14.6 Å². The van der Waals surface area contributed by atoms with E-state index < -0.39 is 5.97 Å². The number of hydrogen-bond donors (Lipinski definition) is 0. The standard InChI is InChI=1S/C12H14O3/c1-3-4-9-5-6-10(8-12(13)14)11(7-9)15-2/h3,5-7H,1,4,8H2,2H3,(H,13,14)/p-1. The lowest BCUT2D eigenvalue weighted by Gasteiger charge is -2.10. The van der Waals surface area contributed by atoms with Crippen LogP contribution in [0.2, 0.25) is 0 Å². The Hall–Kier alpha value is -1.77. The average molecular weight is 205 g/mol. The van der Waals surface area contributed by atoms with Crippen LogP contribution in [-0.2, 0) is 17.6 Å². The van der Waals surface area contributed by atoms with Crippen LogP contribution in [0, 0.1) is 0 Å². The first-order chi connectivity index (χ1) is 7.17. The fourth-order valence-corrected chi connectivity index (χ4v) is 1.38. The predicted molar refractivity (Wildman–Crippen MR) is 55.6 cm³/mol. The normalized spacial score (nSPS) is 9.67. The predicted octanol–water partition coefficient (Wildman–Crippen LogP) is 0.716. The maximum Gasteiger partial charge on any atom is 0.122 e. The molecule has 0 aliphatic heterocycles. The Morgan fingerprint density at radius 3 is 2.87 bits per heavy atom. The van der Waals surface area contributed by atoms with Crippen molar-refractivity contribution >= 4 is 5.97 Å². The van der Waals surface area contributed by atoms with Gasteiger partial charge < -0.3 is 14.6 Å². The van der Waals surface area contributed by atoms with Crippen LogP contribution in [0.4, 0.5) is 0 Å². The molecule has 0 N–H and O–H groups in total. The number of carbonyl (C=O) groups excluding carboxylic acids is 1. The first-order valence-electron chi connectivity index (χ1n) is 4.64. The number of methoxy groups -OCH3 is 1. The lowest BCUT2D eigenvalue weighted by Crippen LogP contribution is -2.24. The van der Waals surface area contributed by atoms with Gasteiger partial charge in [0.1, 0.15) is 5.75 Å². The molecule has 0 aromatic heterocycles. The summed E-state index contributed by atoms with van der Waals surface area (Å²) in [5.41, 5.74) is 1.68. The van der Waals surface area contributed by atoms with E-state index in [1.54, 1.807) is 12.1 Å². The van der Waals surface area contributed by atoms with Gasteiger partial charge in [-0.2, -0.15) is 0 Å². The van der Waals surface area contributed by atoms with E-state index in [-0.39, 0.29) is 6.42 Å². The summed E-state index contributed by atoms with van der Waals surface area (Å²) in [6.45, 7) is 3.64. The molecule has 1 aromatic carbocycles. The Bertz CT molecular complexity index is 369. The second-order valence-electron chi connectivity index (χ2n) is 3.19. The third kappa shape index (κ3) is 3.13. The number of carboxylic acids is 1. The largest absolute Gasteiger partial charge is 0.550 e. The number of benzene rings is 1.